The molecule has 3 aromatic carbocycles. The molecule has 34 heavy (non-hydrogen) atoms. The minimum atomic E-state index is -0.778. The summed E-state index contributed by atoms with van der Waals surface area (Å²) >= 11 is 0. The van der Waals surface area contributed by atoms with Gasteiger partial charge in [-0.3, -0.25) is 4.79 Å². The third-order valence-corrected chi connectivity index (χ3v) is 5.31. The Morgan fingerprint density at radius 1 is 0.882 bits per heavy atom. The number of esters is 1. The largest absolute Gasteiger partial charge is 0.482 e. The molecule has 4 rings (SSSR count). The van der Waals surface area contributed by atoms with Gasteiger partial charge in [-0.2, -0.15) is 0 Å². The van der Waals surface area contributed by atoms with Gasteiger partial charge in [0.25, 0.3) is 5.91 Å². The number of amides is 1. The van der Waals surface area contributed by atoms with Crippen LogP contribution in [0, 0.1) is 13.8 Å². The van der Waals surface area contributed by atoms with E-state index >= 15 is 0 Å². The molecule has 1 amide bonds. The Bertz CT molecular complexity index is 1410. The van der Waals surface area contributed by atoms with E-state index in [2.05, 4.69) is 5.32 Å². The third-order valence-electron chi connectivity index (χ3n) is 5.31. The maximum atomic E-state index is 12.5. The van der Waals surface area contributed by atoms with Crippen LogP contribution in [0.3, 0.4) is 0 Å². The van der Waals surface area contributed by atoms with Crippen LogP contribution in [-0.2, 0) is 11.3 Å². The van der Waals surface area contributed by atoms with Crippen LogP contribution in [0.2, 0.25) is 0 Å². The Kier molecular flexibility index (Phi) is 6.73. The molecule has 7 nitrogen and oxygen atoms in total. The van der Waals surface area contributed by atoms with Gasteiger partial charge in [0.2, 0.25) is 0 Å². The Morgan fingerprint density at radius 3 is 2.41 bits per heavy atom. The zero-order valence-electron chi connectivity index (χ0n) is 18.8. The highest BCUT2D eigenvalue weighted by atomic mass is 16.6. The van der Waals surface area contributed by atoms with Crippen LogP contribution >= 0.6 is 0 Å². The van der Waals surface area contributed by atoms with Crippen molar-refractivity contribution in [2.45, 2.75) is 20.4 Å². The van der Waals surface area contributed by atoms with E-state index in [9.17, 15) is 14.4 Å². The number of ether oxygens (including phenoxy) is 2. The average molecular weight is 457 g/mol. The molecule has 1 heterocycles. The molecule has 1 aromatic heterocycles. The minimum Gasteiger partial charge on any atom is -0.482 e. The molecular formula is C27H23NO6. The predicted molar refractivity (Wildman–Crippen MR) is 127 cm³/mol. The number of carbonyl (C=O) groups is 2. The summed E-state index contributed by atoms with van der Waals surface area (Å²) in [5.74, 6) is -0.358. The number of carbonyl (C=O) groups excluding carboxylic acids is 2. The molecule has 0 fully saturated rings. The van der Waals surface area contributed by atoms with Crippen LogP contribution in [0.5, 0.6) is 11.5 Å². The van der Waals surface area contributed by atoms with Crippen LogP contribution in [-0.4, -0.2) is 18.5 Å². The summed E-state index contributed by atoms with van der Waals surface area (Å²) in [4.78, 5) is 37.0. The van der Waals surface area contributed by atoms with Crippen LogP contribution in [0.25, 0.3) is 11.0 Å². The number of hydrogen-bond donors (Lipinski definition) is 1. The maximum Gasteiger partial charge on any atom is 0.349 e. The van der Waals surface area contributed by atoms with E-state index in [1.165, 1.54) is 12.1 Å². The number of aryl methyl sites for hydroxylation is 2. The number of hydrogen-bond acceptors (Lipinski definition) is 6. The fourth-order valence-electron chi connectivity index (χ4n) is 3.29. The zero-order chi connectivity index (χ0) is 24.1. The second kappa shape index (κ2) is 10.0. The Hall–Kier alpha value is -4.39. The molecular weight excluding hydrogens is 434 g/mol. The second-order valence-electron chi connectivity index (χ2n) is 7.82. The van der Waals surface area contributed by atoms with Crippen molar-refractivity contribution < 1.29 is 23.5 Å². The summed E-state index contributed by atoms with van der Waals surface area (Å²) in [6, 6.07) is 21.0. The molecule has 0 atom stereocenters. The Morgan fingerprint density at radius 2 is 1.65 bits per heavy atom. The maximum absolute atomic E-state index is 12.5. The van der Waals surface area contributed by atoms with Crippen molar-refractivity contribution in [2.24, 2.45) is 0 Å². The van der Waals surface area contributed by atoms with Crippen molar-refractivity contribution in [3.05, 3.63) is 105 Å². The van der Waals surface area contributed by atoms with E-state index < -0.39 is 17.5 Å². The molecule has 0 unspecified atom stereocenters. The van der Waals surface area contributed by atoms with E-state index in [1.54, 1.807) is 18.2 Å². The predicted octanol–water partition coefficient (Wildman–Crippen LogP) is 4.32. The van der Waals surface area contributed by atoms with E-state index in [0.717, 1.165) is 16.7 Å². The molecule has 4 aromatic rings. The summed E-state index contributed by atoms with van der Waals surface area (Å²) in [5.41, 5.74) is 2.42. The van der Waals surface area contributed by atoms with Gasteiger partial charge in [0.15, 0.2) is 6.61 Å². The number of benzene rings is 3. The molecule has 0 saturated carbocycles. The van der Waals surface area contributed by atoms with Gasteiger partial charge in [0.05, 0.1) is 0 Å². The molecule has 7 heteroatoms. The van der Waals surface area contributed by atoms with Crippen LogP contribution in [0.15, 0.2) is 82.0 Å². The van der Waals surface area contributed by atoms with Crippen molar-refractivity contribution in [1.29, 1.82) is 0 Å². The summed E-state index contributed by atoms with van der Waals surface area (Å²) in [6.07, 6.45) is 0. The Balaban J connectivity index is 1.41. The molecule has 172 valence electrons. The number of nitrogens with one attached hydrogen (secondary N) is 1. The van der Waals surface area contributed by atoms with Crippen molar-refractivity contribution in [3.63, 3.8) is 0 Å². The zero-order valence-corrected chi connectivity index (χ0v) is 18.8. The van der Waals surface area contributed by atoms with Gasteiger partial charge in [-0.15, -0.1) is 0 Å². The molecule has 1 N–H and O–H groups in total. The normalized spacial score (nSPS) is 10.6. The van der Waals surface area contributed by atoms with Gasteiger partial charge in [0, 0.05) is 18.0 Å². The number of rotatable bonds is 7. The van der Waals surface area contributed by atoms with Gasteiger partial charge in [-0.1, -0.05) is 36.4 Å². The highest BCUT2D eigenvalue weighted by Crippen LogP contribution is 2.21. The lowest BCUT2D eigenvalue weighted by Crippen LogP contribution is -2.27. The van der Waals surface area contributed by atoms with E-state index in [1.807, 2.05) is 56.3 Å². The van der Waals surface area contributed by atoms with Gasteiger partial charge in [0.1, 0.15) is 22.6 Å². The summed E-state index contributed by atoms with van der Waals surface area (Å²) in [6.45, 7) is 3.97. The van der Waals surface area contributed by atoms with E-state index in [4.69, 9.17) is 13.9 Å². The molecule has 0 bridgehead atoms. The first-order valence-corrected chi connectivity index (χ1v) is 10.7. The number of fused-ring (bicyclic) bond motifs is 1. The van der Waals surface area contributed by atoms with Gasteiger partial charge in [-0.05, 0) is 60.9 Å². The highest BCUT2D eigenvalue weighted by molar-refractivity contribution is 5.96. The Labute approximate surface area is 195 Å². The smallest absolute Gasteiger partial charge is 0.349 e. The van der Waals surface area contributed by atoms with Crippen LogP contribution in [0.1, 0.15) is 27.0 Å². The van der Waals surface area contributed by atoms with Crippen LogP contribution < -0.4 is 20.4 Å². The highest BCUT2D eigenvalue weighted by Gasteiger charge is 2.15. The van der Waals surface area contributed by atoms with Gasteiger partial charge in [-0.25, -0.2) is 9.59 Å². The summed E-state index contributed by atoms with van der Waals surface area (Å²) in [7, 11) is 0. The van der Waals surface area contributed by atoms with E-state index in [-0.39, 0.29) is 30.0 Å². The lowest BCUT2D eigenvalue weighted by atomic mass is 10.1. The average Bonchev–Trinajstić information content (AvgIpc) is 2.83. The molecule has 0 saturated heterocycles. The standard InChI is InChI=1S/C27H23NO6/c1-17-8-10-21(12-18(17)2)32-16-25(29)33-22-11-9-20-13-23(27(31)34-24(20)14-22)26(30)28-15-19-6-4-3-5-7-19/h3-14H,15-16H2,1-2H3,(H,28,30). The molecule has 0 aliphatic carbocycles. The molecule has 0 radical (unpaired) electrons. The fraction of sp³-hybridized carbons (Fsp3) is 0.148. The minimum absolute atomic E-state index is 0.102. The second-order valence-corrected chi connectivity index (χ2v) is 7.82. The van der Waals surface area contributed by atoms with E-state index in [0.29, 0.717) is 11.1 Å². The van der Waals surface area contributed by atoms with Crippen molar-refractivity contribution in [3.8, 4) is 11.5 Å². The summed E-state index contributed by atoms with van der Waals surface area (Å²) < 4.78 is 16.1. The SMILES string of the molecule is Cc1ccc(OCC(=O)Oc2ccc3cc(C(=O)NCc4ccccc4)c(=O)oc3c2)cc1C. The van der Waals surface area contributed by atoms with Gasteiger partial charge < -0.3 is 19.2 Å². The van der Waals surface area contributed by atoms with Crippen molar-refractivity contribution >= 4 is 22.8 Å². The van der Waals surface area contributed by atoms with Gasteiger partial charge >= 0.3 is 11.6 Å². The first-order chi connectivity index (χ1) is 16.4. The lowest BCUT2D eigenvalue weighted by molar-refractivity contribution is -0.136. The van der Waals surface area contributed by atoms with Crippen LogP contribution in [0.4, 0.5) is 0 Å². The quantitative estimate of drug-likeness (QED) is 0.252. The molecule has 0 spiro atoms. The summed E-state index contributed by atoms with van der Waals surface area (Å²) in [5, 5.41) is 3.23. The topological polar surface area (TPSA) is 94.8 Å². The lowest BCUT2D eigenvalue weighted by Gasteiger charge is -2.09. The first-order valence-electron chi connectivity index (χ1n) is 10.7. The van der Waals surface area contributed by atoms with Crippen molar-refractivity contribution in [2.75, 3.05) is 6.61 Å². The first kappa shape index (κ1) is 22.8. The fourth-order valence-corrected chi connectivity index (χ4v) is 3.29. The third kappa shape index (κ3) is 5.50. The molecule has 0 aliphatic heterocycles. The van der Waals surface area contributed by atoms with Crippen molar-refractivity contribution in [1.82, 2.24) is 5.32 Å². The molecule has 0 aliphatic rings. The monoisotopic (exact) mass is 457 g/mol.